The first kappa shape index (κ1) is 11.8. The van der Waals surface area contributed by atoms with Crippen LogP contribution in [0.1, 0.15) is 11.3 Å². The average molecular weight is 326 g/mol. The van der Waals surface area contributed by atoms with Crippen molar-refractivity contribution in [1.82, 2.24) is 9.78 Å². The fourth-order valence-corrected chi connectivity index (χ4v) is 3.01. The second-order valence-electron chi connectivity index (χ2n) is 4.16. The number of furan rings is 1. The van der Waals surface area contributed by atoms with Gasteiger partial charge in [-0.3, -0.25) is 4.68 Å². The molecule has 18 heavy (non-hydrogen) atoms. The molecule has 0 N–H and O–H groups in total. The lowest BCUT2D eigenvalue weighted by molar-refractivity contribution is 0.560. The van der Waals surface area contributed by atoms with Crippen molar-refractivity contribution in [2.24, 2.45) is 0 Å². The van der Waals surface area contributed by atoms with Gasteiger partial charge in [-0.25, -0.2) is 0 Å². The summed E-state index contributed by atoms with van der Waals surface area (Å²) in [5.74, 6) is 0. The van der Waals surface area contributed by atoms with E-state index in [0.717, 1.165) is 31.7 Å². The van der Waals surface area contributed by atoms with E-state index in [2.05, 4.69) is 21.0 Å². The van der Waals surface area contributed by atoms with Crippen molar-refractivity contribution in [3.8, 4) is 0 Å². The standard InChI is InChI=1S/C13H10BrClN2O/c1-8-13-11(15)4-10(14)5-12(13)17(16-8)6-9-2-3-18-7-9/h2-5,7H,6H2,1H3. The van der Waals surface area contributed by atoms with Gasteiger partial charge in [0.15, 0.2) is 0 Å². The first-order valence-electron chi connectivity index (χ1n) is 5.48. The molecule has 0 atom stereocenters. The van der Waals surface area contributed by atoms with Gasteiger partial charge in [-0.15, -0.1) is 0 Å². The Morgan fingerprint density at radius 2 is 2.28 bits per heavy atom. The maximum absolute atomic E-state index is 6.26. The zero-order valence-corrected chi connectivity index (χ0v) is 12.0. The van der Waals surface area contributed by atoms with Gasteiger partial charge in [0.25, 0.3) is 0 Å². The zero-order chi connectivity index (χ0) is 12.7. The summed E-state index contributed by atoms with van der Waals surface area (Å²) in [6.07, 6.45) is 3.39. The van der Waals surface area contributed by atoms with Gasteiger partial charge in [0.05, 0.1) is 35.3 Å². The van der Waals surface area contributed by atoms with Gasteiger partial charge in [-0.2, -0.15) is 5.10 Å². The van der Waals surface area contributed by atoms with Crippen LogP contribution in [0.25, 0.3) is 10.9 Å². The van der Waals surface area contributed by atoms with Crippen LogP contribution in [0.4, 0.5) is 0 Å². The molecular formula is C13H10BrClN2O. The molecule has 0 aliphatic heterocycles. The highest BCUT2D eigenvalue weighted by molar-refractivity contribution is 9.10. The molecule has 92 valence electrons. The van der Waals surface area contributed by atoms with Crippen LogP contribution in [0, 0.1) is 6.92 Å². The summed E-state index contributed by atoms with van der Waals surface area (Å²) in [4.78, 5) is 0. The van der Waals surface area contributed by atoms with Crippen LogP contribution in [0.15, 0.2) is 39.6 Å². The number of rotatable bonds is 2. The fourth-order valence-electron chi connectivity index (χ4n) is 2.08. The quantitative estimate of drug-likeness (QED) is 0.699. The minimum atomic E-state index is 0.674. The molecule has 0 bridgehead atoms. The molecule has 1 aromatic carbocycles. The van der Waals surface area contributed by atoms with Gasteiger partial charge in [0.1, 0.15) is 0 Å². The van der Waals surface area contributed by atoms with Gasteiger partial charge in [0.2, 0.25) is 0 Å². The van der Waals surface area contributed by atoms with Crippen molar-refractivity contribution in [3.05, 3.63) is 51.5 Å². The summed E-state index contributed by atoms with van der Waals surface area (Å²) in [6, 6.07) is 5.85. The van der Waals surface area contributed by atoms with E-state index in [4.69, 9.17) is 16.0 Å². The van der Waals surface area contributed by atoms with E-state index in [0.29, 0.717) is 6.54 Å². The third-order valence-corrected chi connectivity index (χ3v) is 3.61. The Kier molecular flexibility index (Phi) is 2.92. The number of fused-ring (bicyclic) bond motifs is 1. The van der Waals surface area contributed by atoms with Crippen LogP contribution < -0.4 is 0 Å². The molecule has 0 aliphatic carbocycles. The molecule has 0 saturated carbocycles. The molecule has 5 heteroatoms. The number of halogens is 2. The molecule has 0 saturated heterocycles. The number of aryl methyl sites for hydroxylation is 1. The van der Waals surface area contributed by atoms with Crippen LogP contribution in [0.2, 0.25) is 5.02 Å². The number of benzene rings is 1. The summed E-state index contributed by atoms with van der Waals surface area (Å²) >= 11 is 9.72. The first-order valence-corrected chi connectivity index (χ1v) is 6.65. The summed E-state index contributed by atoms with van der Waals surface area (Å²) < 4.78 is 7.97. The number of nitrogens with zero attached hydrogens (tertiary/aromatic N) is 2. The Labute approximate surface area is 117 Å². The summed E-state index contributed by atoms with van der Waals surface area (Å²) in [6.45, 7) is 2.64. The maximum Gasteiger partial charge on any atom is 0.0953 e. The second kappa shape index (κ2) is 4.44. The van der Waals surface area contributed by atoms with E-state index >= 15 is 0 Å². The normalized spacial score (nSPS) is 11.3. The Hall–Kier alpha value is -1.26. The van der Waals surface area contributed by atoms with E-state index in [1.54, 1.807) is 12.5 Å². The van der Waals surface area contributed by atoms with E-state index in [9.17, 15) is 0 Å². The van der Waals surface area contributed by atoms with E-state index in [1.165, 1.54) is 0 Å². The molecule has 2 heterocycles. The Morgan fingerprint density at radius 3 is 3.00 bits per heavy atom. The highest BCUT2D eigenvalue weighted by Crippen LogP contribution is 2.30. The van der Waals surface area contributed by atoms with Crippen LogP contribution in [-0.4, -0.2) is 9.78 Å². The van der Waals surface area contributed by atoms with Crippen molar-refractivity contribution in [1.29, 1.82) is 0 Å². The SMILES string of the molecule is Cc1nn(Cc2ccoc2)c2cc(Br)cc(Cl)c12. The molecule has 0 spiro atoms. The molecule has 0 radical (unpaired) electrons. The highest BCUT2D eigenvalue weighted by Gasteiger charge is 2.12. The van der Waals surface area contributed by atoms with Gasteiger partial charge >= 0.3 is 0 Å². The van der Waals surface area contributed by atoms with Crippen molar-refractivity contribution in [2.45, 2.75) is 13.5 Å². The number of hydrogen-bond acceptors (Lipinski definition) is 2. The van der Waals surface area contributed by atoms with E-state index < -0.39 is 0 Å². The van der Waals surface area contributed by atoms with Crippen LogP contribution >= 0.6 is 27.5 Å². The minimum Gasteiger partial charge on any atom is -0.472 e. The predicted octanol–water partition coefficient (Wildman–Crippen LogP) is 4.40. The predicted molar refractivity (Wildman–Crippen MR) is 75.0 cm³/mol. The molecular weight excluding hydrogens is 316 g/mol. The van der Waals surface area contributed by atoms with Crippen LogP contribution in [0.5, 0.6) is 0 Å². The summed E-state index contributed by atoms with van der Waals surface area (Å²) in [5.41, 5.74) is 3.04. The largest absolute Gasteiger partial charge is 0.472 e. The summed E-state index contributed by atoms with van der Waals surface area (Å²) in [7, 11) is 0. The number of hydrogen-bond donors (Lipinski definition) is 0. The highest BCUT2D eigenvalue weighted by atomic mass is 79.9. The average Bonchev–Trinajstić information content (AvgIpc) is 2.88. The molecule has 0 unspecified atom stereocenters. The van der Waals surface area contributed by atoms with Crippen molar-refractivity contribution in [2.75, 3.05) is 0 Å². The molecule has 3 aromatic rings. The molecule has 0 aliphatic rings. The van der Waals surface area contributed by atoms with Gasteiger partial charge in [-0.05, 0) is 25.1 Å². The lowest BCUT2D eigenvalue weighted by atomic mass is 10.2. The van der Waals surface area contributed by atoms with Gasteiger partial charge in [0, 0.05) is 15.4 Å². The molecule has 0 amide bonds. The third kappa shape index (κ3) is 1.95. The Bertz CT molecular complexity index is 703. The zero-order valence-electron chi connectivity index (χ0n) is 9.65. The number of aromatic nitrogens is 2. The molecule has 0 fully saturated rings. The molecule has 3 rings (SSSR count). The lowest BCUT2D eigenvalue weighted by Gasteiger charge is -2.02. The fraction of sp³-hybridized carbons (Fsp3) is 0.154. The molecule has 3 nitrogen and oxygen atoms in total. The first-order chi connectivity index (χ1) is 8.65. The van der Waals surface area contributed by atoms with Gasteiger partial charge < -0.3 is 4.42 Å². The van der Waals surface area contributed by atoms with Crippen molar-refractivity contribution < 1.29 is 4.42 Å². The summed E-state index contributed by atoms with van der Waals surface area (Å²) in [5, 5.41) is 6.26. The van der Waals surface area contributed by atoms with Gasteiger partial charge in [-0.1, -0.05) is 27.5 Å². The topological polar surface area (TPSA) is 31.0 Å². The monoisotopic (exact) mass is 324 g/mol. The minimum absolute atomic E-state index is 0.674. The van der Waals surface area contributed by atoms with Crippen molar-refractivity contribution in [3.63, 3.8) is 0 Å². The smallest absolute Gasteiger partial charge is 0.0953 e. The lowest BCUT2D eigenvalue weighted by Crippen LogP contribution is -2.00. The Morgan fingerprint density at radius 1 is 1.44 bits per heavy atom. The van der Waals surface area contributed by atoms with Crippen LogP contribution in [0.3, 0.4) is 0 Å². The maximum atomic E-state index is 6.26. The Balaban J connectivity index is 2.18. The second-order valence-corrected chi connectivity index (χ2v) is 5.48. The van der Waals surface area contributed by atoms with Crippen LogP contribution in [-0.2, 0) is 6.54 Å². The van der Waals surface area contributed by atoms with Crippen molar-refractivity contribution >= 4 is 38.4 Å². The third-order valence-electron chi connectivity index (χ3n) is 2.86. The van der Waals surface area contributed by atoms with E-state index in [1.807, 2.05) is 29.8 Å². The molecule has 2 aromatic heterocycles. The van der Waals surface area contributed by atoms with E-state index in [-0.39, 0.29) is 0 Å².